The van der Waals surface area contributed by atoms with Crippen molar-refractivity contribution >= 4 is 10.9 Å². The Kier molecular flexibility index (Phi) is 4.85. The third-order valence-corrected chi connectivity index (χ3v) is 4.67. The van der Waals surface area contributed by atoms with Crippen LogP contribution in [0.5, 0.6) is 5.88 Å². The molecule has 4 rings (SSSR count). The molecule has 0 spiro atoms. The summed E-state index contributed by atoms with van der Waals surface area (Å²) in [5.41, 5.74) is 5.57. The first-order valence-corrected chi connectivity index (χ1v) is 8.94. The molecule has 0 saturated heterocycles. The van der Waals surface area contributed by atoms with Crippen molar-refractivity contribution in [2.24, 2.45) is 0 Å². The molecular weight excluding hydrogens is 338 g/mol. The molecule has 5 heteroatoms. The van der Waals surface area contributed by atoms with Crippen LogP contribution in [0, 0.1) is 6.92 Å². The highest BCUT2D eigenvalue weighted by Gasteiger charge is 2.18. The zero-order valence-corrected chi connectivity index (χ0v) is 15.1. The lowest BCUT2D eigenvalue weighted by atomic mass is 10.0. The van der Waals surface area contributed by atoms with Crippen molar-refractivity contribution in [1.29, 1.82) is 0 Å². The molecule has 4 aromatic rings. The second-order valence-corrected chi connectivity index (χ2v) is 6.53. The number of rotatable bonds is 6. The van der Waals surface area contributed by atoms with Crippen LogP contribution < -0.4 is 4.74 Å². The molecule has 0 bridgehead atoms. The van der Waals surface area contributed by atoms with Crippen molar-refractivity contribution < 1.29 is 9.84 Å². The first-order valence-electron chi connectivity index (χ1n) is 8.94. The van der Waals surface area contributed by atoms with Crippen LogP contribution in [0.25, 0.3) is 10.9 Å². The number of H-pyrrole nitrogens is 1. The van der Waals surface area contributed by atoms with Crippen LogP contribution in [-0.4, -0.2) is 20.3 Å². The summed E-state index contributed by atoms with van der Waals surface area (Å²) in [5, 5.41) is 19.5. The molecule has 0 unspecified atom stereocenters. The van der Waals surface area contributed by atoms with E-state index in [1.54, 1.807) is 0 Å². The number of nitrogens with zero attached hydrogens (tertiary/aromatic N) is 2. The van der Waals surface area contributed by atoms with Gasteiger partial charge in [0.1, 0.15) is 12.1 Å². The fourth-order valence-corrected chi connectivity index (χ4v) is 3.29. The second kappa shape index (κ2) is 7.60. The smallest absolute Gasteiger partial charge is 0.258 e. The van der Waals surface area contributed by atoms with E-state index in [2.05, 4.69) is 27.3 Å². The summed E-state index contributed by atoms with van der Waals surface area (Å²) >= 11 is 0. The Hall–Kier alpha value is -3.18. The third-order valence-electron chi connectivity index (χ3n) is 4.67. The lowest BCUT2D eigenvalue weighted by Gasteiger charge is -2.09. The van der Waals surface area contributed by atoms with Crippen molar-refractivity contribution in [3.8, 4) is 5.88 Å². The number of aliphatic hydroxyl groups excluding tert-OH is 1. The summed E-state index contributed by atoms with van der Waals surface area (Å²) in [7, 11) is 0. The van der Waals surface area contributed by atoms with Crippen LogP contribution in [0.2, 0.25) is 0 Å². The number of benzene rings is 2. The van der Waals surface area contributed by atoms with Gasteiger partial charge in [-0.15, -0.1) is 5.10 Å². The van der Waals surface area contributed by atoms with E-state index in [4.69, 9.17) is 4.74 Å². The predicted molar refractivity (Wildman–Crippen MR) is 105 cm³/mol. The summed E-state index contributed by atoms with van der Waals surface area (Å²) in [6.07, 6.45) is 0.646. The maximum atomic E-state index is 9.89. The minimum atomic E-state index is -0.0581. The number of aryl methyl sites for hydroxylation is 1. The Morgan fingerprint density at radius 1 is 0.926 bits per heavy atom. The van der Waals surface area contributed by atoms with Crippen LogP contribution >= 0.6 is 0 Å². The molecule has 0 aliphatic carbocycles. The molecule has 27 heavy (non-hydrogen) atoms. The fourth-order valence-electron chi connectivity index (χ4n) is 3.29. The average molecular weight is 359 g/mol. The van der Waals surface area contributed by atoms with E-state index in [1.165, 1.54) is 0 Å². The molecule has 5 nitrogen and oxygen atoms in total. The maximum absolute atomic E-state index is 9.89. The molecule has 0 amide bonds. The van der Waals surface area contributed by atoms with Gasteiger partial charge >= 0.3 is 0 Å². The Balaban J connectivity index is 1.73. The quantitative estimate of drug-likeness (QED) is 0.547. The summed E-state index contributed by atoms with van der Waals surface area (Å²) in [6, 6.07) is 20.1. The molecule has 2 aromatic heterocycles. The van der Waals surface area contributed by atoms with Gasteiger partial charge in [0, 0.05) is 23.1 Å². The average Bonchev–Trinajstić information content (AvgIpc) is 3.05. The van der Waals surface area contributed by atoms with Crippen LogP contribution in [0.1, 0.15) is 28.1 Å². The first kappa shape index (κ1) is 17.2. The number of aliphatic hydroxyl groups is 1. The van der Waals surface area contributed by atoms with Crippen LogP contribution in [0.4, 0.5) is 0 Å². The molecule has 2 heterocycles. The summed E-state index contributed by atoms with van der Waals surface area (Å²) in [5.74, 6) is 0.452. The topological polar surface area (TPSA) is 71.0 Å². The predicted octanol–water partition coefficient (Wildman–Crippen LogP) is 3.93. The number of hydrogen-bond acceptors (Lipinski definition) is 4. The number of fused-ring (bicyclic) bond motifs is 1. The van der Waals surface area contributed by atoms with E-state index in [0.29, 0.717) is 18.9 Å². The third kappa shape index (κ3) is 3.55. The van der Waals surface area contributed by atoms with Crippen molar-refractivity contribution in [3.05, 3.63) is 88.7 Å². The minimum Gasteiger partial charge on any atom is -0.470 e. The monoisotopic (exact) mass is 359 g/mol. The Morgan fingerprint density at radius 3 is 2.26 bits per heavy atom. The van der Waals surface area contributed by atoms with Gasteiger partial charge in [-0.2, -0.15) is 5.10 Å². The van der Waals surface area contributed by atoms with Crippen LogP contribution in [0.3, 0.4) is 0 Å². The van der Waals surface area contributed by atoms with Gasteiger partial charge in [-0.3, -0.25) is 0 Å². The molecule has 0 saturated carbocycles. The normalized spacial score (nSPS) is 11.0. The molecule has 2 N–H and O–H groups in total. The highest BCUT2D eigenvalue weighted by Crippen LogP contribution is 2.31. The van der Waals surface area contributed by atoms with E-state index in [1.807, 2.05) is 55.5 Å². The molecule has 0 radical (unpaired) electrons. The van der Waals surface area contributed by atoms with Crippen LogP contribution in [0.15, 0.2) is 60.7 Å². The molecule has 0 aliphatic rings. The summed E-state index contributed by atoms with van der Waals surface area (Å²) < 4.78 is 5.94. The van der Waals surface area contributed by atoms with Crippen molar-refractivity contribution in [3.63, 3.8) is 0 Å². The molecule has 2 aromatic carbocycles. The number of nitrogens with one attached hydrogen (secondary N) is 1. The molecule has 0 atom stereocenters. The number of ether oxygens (including phenoxy) is 1. The van der Waals surface area contributed by atoms with Gasteiger partial charge in [-0.25, -0.2) is 0 Å². The zero-order chi connectivity index (χ0) is 18.6. The van der Waals surface area contributed by atoms with Gasteiger partial charge < -0.3 is 14.8 Å². The Morgan fingerprint density at radius 2 is 1.59 bits per heavy atom. The fraction of sp³-hybridized carbons (Fsp3) is 0.182. The zero-order valence-electron chi connectivity index (χ0n) is 15.1. The Labute approximate surface area is 157 Å². The molecule has 136 valence electrons. The SMILES string of the molecule is Cc1[nH]c2c(OCc3ccccc3)nnc(Cc3ccccc3)c2c1CO. The summed E-state index contributed by atoms with van der Waals surface area (Å²) in [6.45, 7) is 2.30. The van der Waals surface area contributed by atoms with E-state index < -0.39 is 0 Å². The maximum Gasteiger partial charge on any atom is 0.258 e. The highest BCUT2D eigenvalue weighted by molar-refractivity contribution is 5.90. The van der Waals surface area contributed by atoms with Gasteiger partial charge in [-0.1, -0.05) is 60.7 Å². The molecule has 0 fully saturated rings. The molecule has 0 aliphatic heterocycles. The standard InChI is InChI=1S/C22H21N3O2/c1-15-18(13-26)20-19(12-16-8-4-2-5-9-16)24-25-22(21(20)23-15)27-14-17-10-6-3-7-11-17/h2-11,23,26H,12-14H2,1H3. The lowest BCUT2D eigenvalue weighted by Crippen LogP contribution is -2.03. The van der Waals surface area contributed by atoms with Gasteiger partial charge in [-0.05, 0) is 18.1 Å². The van der Waals surface area contributed by atoms with Gasteiger partial charge in [0.25, 0.3) is 5.88 Å². The summed E-state index contributed by atoms with van der Waals surface area (Å²) in [4.78, 5) is 3.32. The largest absolute Gasteiger partial charge is 0.470 e. The van der Waals surface area contributed by atoms with Crippen molar-refractivity contribution in [2.75, 3.05) is 0 Å². The van der Waals surface area contributed by atoms with E-state index >= 15 is 0 Å². The van der Waals surface area contributed by atoms with Crippen molar-refractivity contribution in [2.45, 2.75) is 26.6 Å². The van der Waals surface area contributed by atoms with Gasteiger partial charge in [0.2, 0.25) is 0 Å². The van der Waals surface area contributed by atoms with E-state index in [-0.39, 0.29) is 6.61 Å². The number of aromatic amines is 1. The first-order chi connectivity index (χ1) is 13.3. The van der Waals surface area contributed by atoms with Crippen molar-refractivity contribution in [1.82, 2.24) is 15.2 Å². The minimum absolute atomic E-state index is 0.0581. The second-order valence-electron chi connectivity index (χ2n) is 6.53. The molecular formula is C22H21N3O2. The van der Waals surface area contributed by atoms with E-state index in [0.717, 1.165) is 39.0 Å². The number of aromatic nitrogens is 3. The van der Waals surface area contributed by atoms with E-state index in [9.17, 15) is 5.11 Å². The van der Waals surface area contributed by atoms with Gasteiger partial charge in [0.15, 0.2) is 0 Å². The highest BCUT2D eigenvalue weighted by atomic mass is 16.5. The lowest BCUT2D eigenvalue weighted by molar-refractivity contribution is 0.282. The van der Waals surface area contributed by atoms with Crippen LogP contribution in [-0.2, 0) is 19.6 Å². The van der Waals surface area contributed by atoms with Gasteiger partial charge in [0.05, 0.1) is 12.3 Å². The Bertz CT molecular complexity index is 1040. The number of hydrogen-bond donors (Lipinski definition) is 2.